The van der Waals surface area contributed by atoms with Gasteiger partial charge in [-0.3, -0.25) is 0 Å². The van der Waals surface area contributed by atoms with Crippen LogP contribution in [0, 0.1) is 5.82 Å². The van der Waals surface area contributed by atoms with Crippen LogP contribution in [0.2, 0.25) is 0 Å². The Labute approximate surface area is 127 Å². The van der Waals surface area contributed by atoms with Crippen molar-refractivity contribution in [2.24, 2.45) is 0 Å². The van der Waals surface area contributed by atoms with Gasteiger partial charge in [0.05, 0.1) is 5.56 Å². The third-order valence-corrected chi connectivity index (χ3v) is 3.51. The van der Waals surface area contributed by atoms with Gasteiger partial charge in [0, 0.05) is 0 Å². The quantitative estimate of drug-likeness (QED) is 0.748. The highest BCUT2D eigenvalue weighted by Gasteiger charge is 2.13. The molecule has 0 fully saturated rings. The monoisotopic (exact) mass is 292 g/mol. The zero-order valence-corrected chi connectivity index (χ0v) is 11.7. The molecular weight excluding hydrogens is 279 g/mol. The molecule has 0 atom stereocenters. The predicted molar refractivity (Wildman–Crippen MR) is 84.2 cm³/mol. The molecule has 0 spiro atoms. The average molecular weight is 292 g/mol. The van der Waals surface area contributed by atoms with Gasteiger partial charge in [-0.15, -0.1) is 0 Å². The third-order valence-electron chi connectivity index (χ3n) is 3.51. The van der Waals surface area contributed by atoms with E-state index in [1.54, 1.807) is 24.3 Å². The van der Waals surface area contributed by atoms with Gasteiger partial charge < -0.3 is 5.11 Å². The first-order chi connectivity index (χ1) is 10.6. The van der Waals surface area contributed by atoms with Gasteiger partial charge in [-0.2, -0.15) is 0 Å². The Morgan fingerprint density at radius 3 is 2.05 bits per heavy atom. The largest absolute Gasteiger partial charge is 0.478 e. The number of carboxylic acid groups (broad SMARTS) is 1. The van der Waals surface area contributed by atoms with Crippen molar-refractivity contribution in [1.82, 2.24) is 0 Å². The van der Waals surface area contributed by atoms with E-state index in [1.165, 1.54) is 12.1 Å². The van der Waals surface area contributed by atoms with E-state index in [1.807, 2.05) is 36.4 Å². The van der Waals surface area contributed by atoms with Crippen molar-refractivity contribution in [2.75, 3.05) is 0 Å². The summed E-state index contributed by atoms with van der Waals surface area (Å²) in [6, 6.07) is 20.7. The SMILES string of the molecule is O=C(O)c1ccc(-c2ccccc2)cc1-c1ccc(F)cc1. The Morgan fingerprint density at radius 2 is 1.41 bits per heavy atom. The van der Waals surface area contributed by atoms with Crippen LogP contribution in [0.4, 0.5) is 4.39 Å². The molecule has 0 aromatic heterocycles. The van der Waals surface area contributed by atoms with E-state index in [-0.39, 0.29) is 11.4 Å². The molecule has 0 saturated heterocycles. The second-order valence-corrected chi connectivity index (χ2v) is 4.94. The fourth-order valence-electron chi connectivity index (χ4n) is 2.41. The number of aromatic carboxylic acids is 1. The second-order valence-electron chi connectivity index (χ2n) is 4.94. The molecule has 22 heavy (non-hydrogen) atoms. The molecule has 3 aromatic carbocycles. The second kappa shape index (κ2) is 5.82. The van der Waals surface area contributed by atoms with E-state index in [9.17, 15) is 14.3 Å². The maximum atomic E-state index is 13.1. The van der Waals surface area contributed by atoms with E-state index >= 15 is 0 Å². The van der Waals surface area contributed by atoms with Gasteiger partial charge >= 0.3 is 5.97 Å². The van der Waals surface area contributed by atoms with Crippen LogP contribution in [0.1, 0.15) is 10.4 Å². The third kappa shape index (κ3) is 2.74. The predicted octanol–water partition coefficient (Wildman–Crippen LogP) is 4.86. The molecule has 0 amide bonds. The number of halogens is 1. The summed E-state index contributed by atoms with van der Waals surface area (Å²) < 4.78 is 13.1. The summed E-state index contributed by atoms with van der Waals surface area (Å²) in [5.74, 6) is -1.35. The lowest BCUT2D eigenvalue weighted by Gasteiger charge is -2.10. The molecular formula is C19H13FO2. The Morgan fingerprint density at radius 1 is 0.773 bits per heavy atom. The zero-order chi connectivity index (χ0) is 15.5. The summed E-state index contributed by atoms with van der Waals surface area (Å²) in [5.41, 5.74) is 3.38. The Balaban J connectivity index is 2.17. The summed E-state index contributed by atoms with van der Waals surface area (Å²) in [6.45, 7) is 0. The van der Waals surface area contributed by atoms with Gasteiger partial charge in [0.1, 0.15) is 5.82 Å². The zero-order valence-electron chi connectivity index (χ0n) is 11.7. The molecule has 0 heterocycles. The smallest absolute Gasteiger partial charge is 0.336 e. The number of carbonyl (C=O) groups is 1. The first-order valence-electron chi connectivity index (χ1n) is 6.84. The highest BCUT2D eigenvalue weighted by atomic mass is 19.1. The van der Waals surface area contributed by atoms with Gasteiger partial charge in [-0.25, -0.2) is 9.18 Å². The lowest BCUT2D eigenvalue weighted by atomic mass is 9.94. The minimum absolute atomic E-state index is 0.200. The molecule has 0 aliphatic carbocycles. The number of hydrogen-bond acceptors (Lipinski definition) is 1. The Kier molecular flexibility index (Phi) is 3.71. The Hall–Kier alpha value is -2.94. The number of hydrogen-bond donors (Lipinski definition) is 1. The van der Waals surface area contributed by atoms with Crippen molar-refractivity contribution in [2.45, 2.75) is 0 Å². The van der Waals surface area contributed by atoms with Crippen molar-refractivity contribution < 1.29 is 14.3 Å². The normalized spacial score (nSPS) is 10.4. The minimum atomic E-state index is -1.00. The molecule has 3 aromatic rings. The summed E-state index contributed by atoms with van der Waals surface area (Å²) in [4.78, 5) is 11.4. The van der Waals surface area contributed by atoms with Gasteiger partial charge in [0.25, 0.3) is 0 Å². The van der Waals surface area contributed by atoms with Crippen molar-refractivity contribution >= 4 is 5.97 Å². The molecule has 0 aliphatic heterocycles. The molecule has 0 radical (unpaired) electrons. The highest BCUT2D eigenvalue weighted by molar-refractivity contribution is 5.97. The fourth-order valence-corrected chi connectivity index (χ4v) is 2.41. The van der Waals surface area contributed by atoms with Gasteiger partial charge in [-0.1, -0.05) is 48.5 Å². The van der Waals surface area contributed by atoms with Crippen LogP contribution < -0.4 is 0 Å². The van der Waals surface area contributed by atoms with E-state index in [0.29, 0.717) is 11.1 Å². The molecule has 0 bridgehead atoms. The van der Waals surface area contributed by atoms with Crippen LogP contribution in [0.15, 0.2) is 72.8 Å². The first-order valence-corrected chi connectivity index (χ1v) is 6.84. The molecule has 2 nitrogen and oxygen atoms in total. The average Bonchev–Trinajstić information content (AvgIpc) is 2.56. The number of carboxylic acids is 1. The topological polar surface area (TPSA) is 37.3 Å². The number of benzene rings is 3. The first kappa shape index (κ1) is 14.0. The van der Waals surface area contributed by atoms with E-state index in [2.05, 4.69) is 0 Å². The molecule has 108 valence electrons. The minimum Gasteiger partial charge on any atom is -0.478 e. The van der Waals surface area contributed by atoms with Gasteiger partial charge in [0.15, 0.2) is 0 Å². The van der Waals surface area contributed by atoms with Crippen LogP contribution in [0.3, 0.4) is 0 Å². The van der Waals surface area contributed by atoms with Gasteiger partial charge in [0.2, 0.25) is 0 Å². The lowest BCUT2D eigenvalue weighted by molar-refractivity contribution is 0.0698. The number of rotatable bonds is 3. The van der Waals surface area contributed by atoms with Crippen LogP contribution in [0.25, 0.3) is 22.3 Å². The molecule has 3 heteroatoms. The summed E-state index contributed by atoms with van der Waals surface area (Å²) >= 11 is 0. The highest BCUT2D eigenvalue weighted by Crippen LogP contribution is 2.30. The Bertz CT molecular complexity index is 809. The lowest BCUT2D eigenvalue weighted by Crippen LogP contribution is -2.00. The maximum absolute atomic E-state index is 13.1. The molecule has 0 saturated carbocycles. The van der Waals surface area contributed by atoms with Crippen molar-refractivity contribution in [3.05, 3.63) is 84.2 Å². The molecule has 0 aliphatic rings. The summed E-state index contributed by atoms with van der Waals surface area (Å²) in [7, 11) is 0. The van der Waals surface area contributed by atoms with Crippen LogP contribution in [-0.2, 0) is 0 Å². The van der Waals surface area contributed by atoms with Gasteiger partial charge in [-0.05, 0) is 46.5 Å². The molecule has 1 N–H and O–H groups in total. The van der Waals surface area contributed by atoms with Crippen LogP contribution >= 0.6 is 0 Å². The summed E-state index contributed by atoms with van der Waals surface area (Å²) in [5, 5.41) is 9.37. The van der Waals surface area contributed by atoms with Crippen LogP contribution in [-0.4, -0.2) is 11.1 Å². The van der Waals surface area contributed by atoms with Crippen molar-refractivity contribution in [1.29, 1.82) is 0 Å². The van der Waals surface area contributed by atoms with E-state index in [4.69, 9.17) is 0 Å². The standard InChI is InChI=1S/C19H13FO2/c20-16-9-6-14(7-10-16)18-12-15(8-11-17(18)19(21)22)13-4-2-1-3-5-13/h1-12H,(H,21,22). The van der Waals surface area contributed by atoms with Crippen molar-refractivity contribution in [3.63, 3.8) is 0 Å². The summed E-state index contributed by atoms with van der Waals surface area (Å²) in [6.07, 6.45) is 0. The fraction of sp³-hybridized carbons (Fsp3) is 0. The molecule has 3 rings (SSSR count). The van der Waals surface area contributed by atoms with Crippen molar-refractivity contribution in [3.8, 4) is 22.3 Å². The maximum Gasteiger partial charge on any atom is 0.336 e. The van der Waals surface area contributed by atoms with E-state index in [0.717, 1.165) is 11.1 Å². The molecule has 0 unspecified atom stereocenters. The van der Waals surface area contributed by atoms with E-state index < -0.39 is 5.97 Å². The van der Waals surface area contributed by atoms with Crippen LogP contribution in [0.5, 0.6) is 0 Å².